The van der Waals surface area contributed by atoms with Gasteiger partial charge in [-0.1, -0.05) is 54.6 Å². The summed E-state index contributed by atoms with van der Waals surface area (Å²) in [6.07, 6.45) is 0. The summed E-state index contributed by atoms with van der Waals surface area (Å²) in [5.74, 6) is 0. The lowest BCUT2D eigenvalue weighted by atomic mass is 10.1. The second kappa shape index (κ2) is 7.45. The number of rotatable bonds is 6. The highest BCUT2D eigenvalue weighted by Gasteiger charge is 2.23. The Labute approximate surface area is 153 Å². The predicted octanol–water partition coefficient (Wildman–Crippen LogP) is 2.92. The van der Waals surface area contributed by atoms with Crippen LogP contribution in [0.5, 0.6) is 0 Å². The Balaban J connectivity index is 2.06. The molecule has 0 saturated carbocycles. The SMILES string of the molecule is CN(C)c1cccc2c(S(=O)(=O)N[C@@H](CO)c3ccccc3)cccc12. The summed E-state index contributed by atoms with van der Waals surface area (Å²) in [4.78, 5) is 2.15. The van der Waals surface area contributed by atoms with Gasteiger partial charge in [0, 0.05) is 30.6 Å². The summed E-state index contributed by atoms with van der Waals surface area (Å²) in [5, 5.41) is 11.2. The van der Waals surface area contributed by atoms with Crippen LogP contribution in [0.4, 0.5) is 5.69 Å². The zero-order chi connectivity index (χ0) is 18.7. The number of nitrogens with zero attached hydrogens (tertiary/aromatic N) is 1. The van der Waals surface area contributed by atoms with Crippen molar-refractivity contribution >= 4 is 26.5 Å². The van der Waals surface area contributed by atoms with Gasteiger partial charge in [-0.2, -0.15) is 0 Å². The molecule has 6 heteroatoms. The average Bonchev–Trinajstić information content (AvgIpc) is 2.65. The molecule has 0 aliphatic heterocycles. The zero-order valence-corrected chi connectivity index (χ0v) is 15.6. The van der Waals surface area contributed by atoms with E-state index in [1.807, 2.05) is 55.4 Å². The molecule has 5 nitrogen and oxygen atoms in total. The summed E-state index contributed by atoms with van der Waals surface area (Å²) >= 11 is 0. The molecule has 0 unspecified atom stereocenters. The van der Waals surface area contributed by atoms with Crippen LogP contribution in [0.1, 0.15) is 11.6 Å². The monoisotopic (exact) mass is 370 g/mol. The van der Waals surface area contributed by atoms with Crippen LogP contribution in [0.25, 0.3) is 10.8 Å². The number of aliphatic hydroxyl groups excluding tert-OH is 1. The zero-order valence-electron chi connectivity index (χ0n) is 14.8. The minimum atomic E-state index is -3.82. The van der Waals surface area contributed by atoms with Crippen molar-refractivity contribution < 1.29 is 13.5 Å². The third kappa shape index (κ3) is 3.58. The van der Waals surface area contributed by atoms with Crippen molar-refractivity contribution in [1.29, 1.82) is 0 Å². The van der Waals surface area contributed by atoms with Crippen LogP contribution in [0, 0.1) is 0 Å². The van der Waals surface area contributed by atoms with E-state index in [9.17, 15) is 13.5 Å². The number of anilines is 1. The molecule has 0 radical (unpaired) electrons. The van der Waals surface area contributed by atoms with E-state index in [1.54, 1.807) is 30.3 Å². The second-order valence-electron chi connectivity index (χ2n) is 6.29. The van der Waals surface area contributed by atoms with Gasteiger partial charge in [0.25, 0.3) is 0 Å². The van der Waals surface area contributed by atoms with Gasteiger partial charge < -0.3 is 10.0 Å². The number of nitrogens with one attached hydrogen (secondary N) is 1. The van der Waals surface area contributed by atoms with Crippen molar-refractivity contribution in [1.82, 2.24) is 4.72 Å². The molecule has 0 saturated heterocycles. The fourth-order valence-corrected chi connectivity index (χ4v) is 4.47. The minimum Gasteiger partial charge on any atom is -0.394 e. The van der Waals surface area contributed by atoms with Crippen LogP contribution in [0.15, 0.2) is 71.6 Å². The van der Waals surface area contributed by atoms with Gasteiger partial charge in [0.15, 0.2) is 0 Å². The third-order valence-corrected chi connectivity index (χ3v) is 5.84. The van der Waals surface area contributed by atoms with E-state index in [4.69, 9.17) is 0 Å². The van der Waals surface area contributed by atoms with Crippen molar-refractivity contribution in [2.24, 2.45) is 0 Å². The first-order valence-corrected chi connectivity index (χ1v) is 9.79. The van der Waals surface area contributed by atoms with Gasteiger partial charge in [0.2, 0.25) is 10.0 Å². The quantitative estimate of drug-likeness (QED) is 0.700. The van der Waals surface area contributed by atoms with Gasteiger partial charge in [0.05, 0.1) is 17.5 Å². The topological polar surface area (TPSA) is 69.6 Å². The molecule has 0 aliphatic rings. The molecule has 3 aromatic carbocycles. The molecule has 3 rings (SSSR count). The Hall–Kier alpha value is -2.41. The number of fused-ring (bicyclic) bond motifs is 1. The molecule has 0 aromatic heterocycles. The largest absolute Gasteiger partial charge is 0.394 e. The maximum atomic E-state index is 13.0. The van der Waals surface area contributed by atoms with Gasteiger partial charge in [-0.05, 0) is 17.7 Å². The predicted molar refractivity (Wildman–Crippen MR) is 105 cm³/mol. The van der Waals surface area contributed by atoms with Crippen molar-refractivity contribution in [3.8, 4) is 0 Å². The number of benzene rings is 3. The Bertz CT molecular complexity index is 1000. The molecular weight excluding hydrogens is 348 g/mol. The minimum absolute atomic E-state index is 0.202. The summed E-state index contributed by atoms with van der Waals surface area (Å²) in [7, 11) is 0.0267. The highest BCUT2D eigenvalue weighted by molar-refractivity contribution is 7.89. The van der Waals surface area contributed by atoms with E-state index >= 15 is 0 Å². The summed E-state index contributed by atoms with van der Waals surface area (Å²) in [6.45, 7) is -0.322. The second-order valence-corrected chi connectivity index (χ2v) is 7.97. The maximum absolute atomic E-state index is 13.0. The van der Waals surface area contributed by atoms with Gasteiger partial charge in [-0.25, -0.2) is 13.1 Å². The van der Waals surface area contributed by atoms with Crippen LogP contribution in [0.2, 0.25) is 0 Å². The Kier molecular flexibility index (Phi) is 5.27. The average molecular weight is 370 g/mol. The molecule has 0 spiro atoms. The third-order valence-electron chi connectivity index (χ3n) is 4.31. The molecule has 26 heavy (non-hydrogen) atoms. The normalized spacial score (nSPS) is 12.9. The Morgan fingerprint density at radius 2 is 1.58 bits per heavy atom. The van der Waals surface area contributed by atoms with E-state index in [0.717, 1.165) is 11.1 Å². The lowest BCUT2D eigenvalue weighted by molar-refractivity contribution is 0.259. The summed E-state index contributed by atoms with van der Waals surface area (Å²) in [6, 6.07) is 19.2. The summed E-state index contributed by atoms with van der Waals surface area (Å²) in [5.41, 5.74) is 1.66. The van der Waals surface area contributed by atoms with E-state index in [2.05, 4.69) is 4.72 Å². The highest BCUT2D eigenvalue weighted by Crippen LogP contribution is 2.30. The Morgan fingerprint density at radius 1 is 0.923 bits per heavy atom. The van der Waals surface area contributed by atoms with Crippen molar-refractivity contribution in [2.75, 3.05) is 25.6 Å². The van der Waals surface area contributed by atoms with E-state index < -0.39 is 16.1 Å². The van der Waals surface area contributed by atoms with Crippen LogP contribution in [0.3, 0.4) is 0 Å². The van der Waals surface area contributed by atoms with Gasteiger partial charge >= 0.3 is 0 Å². The lowest BCUT2D eigenvalue weighted by Gasteiger charge is -2.19. The maximum Gasteiger partial charge on any atom is 0.241 e. The van der Waals surface area contributed by atoms with E-state index in [1.165, 1.54) is 0 Å². The standard InChI is InChI=1S/C20H22N2O3S/c1-22(2)19-12-6-11-17-16(19)10-7-13-20(17)26(24,25)21-18(14-23)15-8-4-3-5-9-15/h3-13,18,21,23H,14H2,1-2H3/t18-/m0/s1. The van der Waals surface area contributed by atoms with E-state index in [-0.39, 0.29) is 11.5 Å². The van der Waals surface area contributed by atoms with Crippen LogP contribution >= 0.6 is 0 Å². The Morgan fingerprint density at radius 3 is 2.23 bits per heavy atom. The van der Waals surface area contributed by atoms with Gasteiger partial charge in [0.1, 0.15) is 0 Å². The van der Waals surface area contributed by atoms with Crippen molar-refractivity contribution in [3.63, 3.8) is 0 Å². The highest BCUT2D eigenvalue weighted by atomic mass is 32.2. The lowest BCUT2D eigenvalue weighted by Crippen LogP contribution is -2.31. The van der Waals surface area contributed by atoms with E-state index in [0.29, 0.717) is 10.9 Å². The fourth-order valence-electron chi connectivity index (χ4n) is 3.04. The fraction of sp³-hybridized carbons (Fsp3) is 0.200. The first-order valence-electron chi connectivity index (χ1n) is 8.31. The molecule has 2 N–H and O–H groups in total. The van der Waals surface area contributed by atoms with Gasteiger partial charge in [-0.3, -0.25) is 0 Å². The molecule has 0 aliphatic carbocycles. The molecule has 136 valence electrons. The molecule has 0 amide bonds. The number of hydrogen-bond donors (Lipinski definition) is 2. The van der Waals surface area contributed by atoms with Crippen LogP contribution in [-0.2, 0) is 10.0 Å². The van der Waals surface area contributed by atoms with Gasteiger partial charge in [-0.15, -0.1) is 0 Å². The first kappa shape index (κ1) is 18.4. The number of hydrogen-bond acceptors (Lipinski definition) is 4. The molecule has 0 bridgehead atoms. The molecule has 0 heterocycles. The molecule has 1 atom stereocenters. The first-order chi connectivity index (χ1) is 12.4. The van der Waals surface area contributed by atoms with Crippen LogP contribution < -0.4 is 9.62 Å². The number of aliphatic hydroxyl groups is 1. The number of sulfonamides is 1. The van der Waals surface area contributed by atoms with Crippen molar-refractivity contribution in [3.05, 3.63) is 72.3 Å². The van der Waals surface area contributed by atoms with Crippen molar-refractivity contribution in [2.45, 2.75) is 10.9 Å². The van der Waals surface area contributed by atoms with Crippen LogP contribution in [-0.4, -0.2) is 34.2 Å². The molecular formula is C20H22N2O3S. The smallest absolute Gasteiger partial charge is 0.241 e. The molecule has 3 aromatic rings. The summed E-state index contributed by atoms with van der Waals surface area (Å²) < 4.78 is 28.7. The molecule has 0 fully saturated rings.